The van der Waals surface area contributed by atoms with E-state index < -0.39 is 42.2 Å². The summed E-state index contributed by atoms with van der Waals surface area (Å²) in [4.78, 5) is 43.1. The van der Waals surface area contributed by atoms with Gasteiger partial charge in [-0.3, -0.25) is 4.79 Å². The molecule has 0 bridgehead atoms. The Morgan fingerprint density at radius 2 is 1.93 bits per heavy atom. The fraction of sp³-hybridized carbons (Fsp3) is 0.345. The van der Waals surface area contributed by atoms with Crippen molar-refractivity contribution in [2.75, 3.05) is 37.9 Å². The number of fused-ring (bicyclic) bond motifs is 1. The highest BCUT2D eigenvalue weighted by Crippen LogP contribution is 2.42. The summed E-state index contributed by atoms with van der Waals surface area (Å²) >= 11 is 7.78. The quantitative estimate of drug-likeness (QED) is 0.218. The minimum Gasteiger partial charge on any atom is -0.507 e. The first kappa shape index (κ1) is 31.7. The zero-order valence-electron chi connectivity index (χ0n) is 24.6. The Bertz CT molecular complexity index is 1920. The molecule has 0 unspecified atom stereocenters. The van der Waals surface area contributed by atoms with Gasteiger partial charge >= 0.3 is 5.69 Å². The first-order valence-corrected chi connectivity index (χ1v) is 17.5. The van der Waals surface area contributed by atoms with E-state index in [0.29, 0.717) is 20.8 Å². The molecule has 232 valence electrons. The van der Waals surface area contributed by atoms with Crippen molar-refractivity contribution in [3.63, 3.8) is 0 Å². The molecule has 1 saturated heterocycles. The van der Waals surface area contributed by atoms with Gasteiger partial charge in [-0.2, -0.15) is 4.98 Å². The van der Waals surface area contributed by atoms with Gasteiger partial charge in [-0.15, -0.1) is 0 Å². The van der Waals surface area contributed by atoms with E-state index in [1.54, 1.807) is 25.2 Å². The van der Waals surface area contributed by atoms with Crippen LogP contribution in [0.2, 0.25) is 5.02 Å². The Morgan fingerprint density at radius 3 is 2.52 bits per heavy atom. The molecule has 1 N–H and O–H groups in total. The Hall–Kier alpha value is -3.67. The molecule has 10 nitrogen and oxygen atoms in total. The van der Waals surface area contributed by atoms with Gasteiger partial charge < -0.3 is 19.5 Å². The summed E-state index contributed by atoms with van der Waals surface area (Å²) in [6, 6.07) is 4.89. The molecule has 4 aromatic rings. The maximum atomic E-state index is 15.1. The van der Waals surface area contributed by atoms with Crippen LogP contribution in [0.1, 0.15) is 32.4 Å². The van der Waals surface area contributed by atoms with Gasteiger partial charge in [0.1, 0.15) is 29.5 Å². The van der Waals surface area contributed by atoms with Crippen molar-refractivity contribution in [2.45, 2.75) is 32.7 Å². The smallest absolute Gasteiger partial charge is 0.356 e. The van der Waals surface area contributed by atoms with Gasteiger partial charge in [0.25, 0.3) is 5.91 Å². The predicted octanol–water partition coefficient (Wildman–Crippen LogP) is 5.29. The van der Waals surface area contributed by atoms with Crippen LogP contribution in [-0.2, 0) is 9.36 Å². The van der Waals surface area contributed by atoms with Crippen LogP contribution in [0.5, 0.6) is 5.75 Å². The van der Waals surface area contributed by atoms with Crippen LogP contribution in [0.4, 0.5) is 14.6 Å². The van der Waals surface area contributed by atoms with E-state index in [4.69, 9.17) is 11.6 Å². The zero-order chi connectivity index (χ0) is 32.2. The Morgan fingerprint density at radius 1 is 1.23 bits per heavy atom. The third-order valence-electron chi connectivity index (χ3n) is 7.28. The van der Waals surface area contributed by atoms with Crippen molar-refractivity contribution in [2.24, 2.45) is 0 Å². The van der Waals surface area contributed by atoms with E-state index in [1.807, 2.05) is 13.8 Å². The molecule has 3 aromatic heterocycles. The molecule has 5 rings (SSSR count). The van der Waals surface area contributed by atoms with Gasteiger partial charge in [0, 0.05) is 25.7 Å². The molecule has 0 saturated carbocycles. The van der Waals surface area contributed by atoms with Gasteiger partial charge in [0.05, 0.1) is 27.4 Å². The molecule has 44 heavy (non-hydrogen) atoms. The van der Waals surface area contributed by atoms with E-state index in [2.05, 4.69) is 21.5 Å². The number of hydrogen-bond acceptors (Lipinski definition) is 9. The predicted molar refractivity (Wildman–Crippen MR) is 170 cm³/mol. The van der Waals surface area contributed by atoms with Crippen LogP contribution in [-0.4, -0.2) is 74.4 Å². The highest BCUT2D eigenvalue weighted by molar-refractivity contribution is 7.75. The highest BCUT2D eigenvalue weighted by atomic mass is 35.5. The van der Waals surface area contributed by atoms with Crippen molar-refractivity contribution in [1.82, 2.24) is 24.4 Å². The number of benzene rings is 1. The summed E-state index contributed by atoms with van der Waals surface area (Å²) in [6.07, 6.45) is 0. The minimum atomic E-state index is -2.82. The number of hydrogen-bond donors (Lipinski definition) is 1. The summed E-state index contributed by atoms with van der Waals surface area (Å²) < 4.78 is 43.3. The van der Waals surface area contributed by atoms with Crippen molar-refractivity contribution in [1.29, 1.82) is 0 Å². The summed E-state index contributed by atoms with van der Waals surface area (Å²) in [5.41, 5.74) is -0.509. The van der Waals surface area contributed by atoms with E-state index in [0.717, 1.165) is 17.4 Å². The molecule has 1 amide bonds. The molecule has 0 aliphatic carbocycles. The van der Waals surface area contributed by atoms with Crippen molar-refractivity contribution < 1.29 is 23.2 Å². The molecular weight excluding hydrogens is 633 g/mol. The number of pyridine rings is 1. The van der Waals surface area contributed by atoms with E-state index >= 15 is 4.39 Å². The lowest BCUT2D eigenvalue weighted by molar-refractivity contribution is -0.129. The van der Waals surface area contributed by atoms with Crippen LogP contribution in [0.3, 0.4) is 0 Å². The van der Waals surface area contributed by atoms with E-state index in [9.17, 15) is 23.7 Å². The van der Waals surface area contributed by atoms with E-state index in [1.165, 1.54) is 27.7 Å². The number of carbonyl (C=O) groups is 1. The second kappa shape index (κ2) is 11.7. The number of anilines is 1. The SMILES string of the molecule is C=C(F)C(=O)N1CCN(c2nc(=O)n(-c3sc(P(C)(C)=O)nc3C(C)C)c3nc(-c4c(O)cccc4F)c(Cl)cc23)[C@@H](C)C1. The van der Waals surface area contributed by atoms with Gasteiger partial charge in [0.2, 0.25) is 0 Å². The van der Waals surface area contributed by atoms with Gasteiger partial charge in [-0.1, -0.05) is 49.4 Å². The Balaban J connectivity index is 1.81. The molecule has 1 aromatic carbocycles. The first-order valence-electron chi connectivity index (χ1n) is 13.7. The number of carbonyl (C=O) groups excluding carboxylic acids is 1. The molecular formula is C29H30ClF2N6O4PS. The van der Waals surface area contributed by atoms with Crippen LogP contribution >= 0.6 is 30.1 Å². The monoisotopic (exact) mass is 662 g/mol. The molecule has 1 aliphatic heterocycles. The maximum absolute atomic E-state index is 15.1. The fourth-order valence-corrected chi connectivity index (χ4v) is 7.83. The minimum absolute atomic E-state index is 0.0120. The Labute approximate surface area is 261 Å². The van der Waals surface area contributed by atoms with Gasteiger partial charge in [-0.05, 0) is 44.4 Å². The number of aromatic nitrogens is 4. The summed E-state index contributed by atoms with van der Waals surface area (Å²) in [7, 11) is -2.82. The standard InChI is InChI=1S/C29H30ClF2N6O4PS/c1-14(2)22-27(44-29(34-22)43(5,6)42)38-25-17(12-18(30)23(33-25)21-19(32)8-7-9-20(21)39)24(35-28(38)41)37-11-10-36(13-15(37)3)26(40)16(4)31/h7-9,12,14-15,39H,4,10-11,13H2,1-3,5-6H3/t15-/m0/s1. The molecule has 1 aliphatic rings. The molecule has 1 atom stereocenters. The number of rotatable bonds is 6. The third-order valence-corrected chi connectivity index (χ3v) is 11.0. The third kappa shape index (κ3) is 5.64. The number of phenolic OH excluding ortho intramolecular Hbond substituents is 1. The zero-order valence-corrected chi connectivity index (χ0v) is 27.1. The molecule has 0 spiro atoms. The van der Waals surface area contributed by atoms with Crippen molar-refractivity contribution in [3.05, 3.63) is 63.7 Å². The van der Waals surface area contributed by atoms with Crippen LogP contribution in [0.25, 0.3) is 27.3 Å². The van der Waals surface area contributed by atoms with Gasteiger partial charge in [0.15, 0.2) is 16.2 Å². The van der Waals surface area contributed by atoms with Crippen LogP contribution in [0.15, 0.2) is 41.5 Å². The maximum Gasteiger partial charge on any atom is 0.356 e. The molecule has 0 radical (unpaired) electrons. The summed E-state index contributed by atoms with van der Waals surface area (Å²) in [5.74, 6) is -3.01. The van der Waals surface area contributed by atoms with Crippen LogP contribution < -0.4 is 15.3 Å². The molecule has 1 fully saturated rings. The van der Waals surface area contributed by atoms with Crippen molar-refractivity contribution in [3.8, 4) is 22.0 Å². The fourth-order valence-electron chi connectivity index (χ4n) is 5.14. The number of nitrogens with zero attached hydrogens (tertiary/aromatic N) is 6. The average Bonchev–Trinajstić information content (AvgIpc) is 3.39. The normalized spacial score (nSPS) is 15.8. The number of aromatic hydroxyl groups is 1. The highest BCUT2D eigenvalue weighted by Gasteiger charge is 2.33. The van der Waals surface area contributed by atoms with Crippen LogP contribution in [0, 0.1) is 5.82 Å². The number of amides is 1. The van der Waals surface area contributed by atoms with Gasteiger partial charge in [-0.25, -0.2) is 28.1 Å². The Kier molecular flexibility index (Phi) is 8.43. The lowest BCUT2D eigenvalue weighted by Crippen LogP contribution is -2.54. The average molecular weight is 663 g/mol. The van der Waals surface area contributed by atoms with E-state index in [-0.39, 0.29) is 53.3 Å². The summed E-state index contributed by atoms with van der Waals surface area (Å²) in [5, 5.41) is 11.2. The largest absolute Gasteiger partial charge is 0.507 e. The summed E-state index contributed by atoms with van der Waals surface area (Å²) in [6.45, 7) is 12.3. The second-order valence-electron chi connectivity index (χ2n) is 11.3. The molecule has 4 heterocycles. The lowest BCUT2D eigenvalue weighted by Gasteiger charge is -2.40. The second-order valence-corrected chi connectivity index (χ2v) is 16.1. The van der Waals surface area contributed by atoms with Crippen molar-refractivity contribution >= 4 is 57.6 Å². The number of piperazine rings is 1. The molecule has 15 heteroatoms. The lowest BCUT2D eigenvalue weighted by atomic mass is 10.1. The number of phenols is 1. The first-order chi connectivity index (χ1) is 20.6. The topological polar surface area (TPSA) is 122 Å². The number of thiazole rings is 1. The number of halogens is 3.